The molecule has 0 radical (unpaired) electrons. The summed E-state index contributed by atoms with van der Waals surface area (Å²) in [6.07, 6.45) is 0. The minimum atomic E-state index is -5.61. The van der Waals surface area contributed by atoms with Gasteiger partial charge in [0.2, 0.25) is 0 Å². The number of carbonyl (C=O) groups is 4. The van der Waals surface area contributed by atoms with Crippen molar-refractivity contribution in [3.63, 3.8) is 0 Å². The molecule has 0 bridgehead atoms. The smallest absolute Gasteiger partial charge is 0.302 e. The number of aliphatic carboxylic acids is 4. The Morgan fingerprint density at radius 3 is 0.634 bits per heavy atom. The first-order valence-corrected chi connectivity index (χ1v) is 13.7. The van der Waals surface area contributed by atoms with Crippen LogP contribution in [0.25, 0.3) is 0 Å². The number of aromatic hydroxyl groups is 3. The van der Waals surface area contributed by atoms with Crippen LogP contribution in [0.3, 0.4) is 0 Å². The topological polar surface area (TPSA) is 425 Å². The third-order valence-electron chi connectivity index (χ3n) is 2.23. The third-order valence-corrected chi connectivity index (χ3v) is 4.94. The van der Waals surface area contributed by atoms with Crippen molar-refractivity contribution < 1.29 is 93.8 Å². The largest absolute Gasteiger partial charge is 0.505 e. The maximum Gasteiger partial charge on any atom is 0.302 e. The second kappa shape index (κ2) is 21.0. The SMILES string of the molecule is CC(=O)O.CC(=O)O.CC(=O)O.CC(=O)O.NCCN.O=S(=O)(O)c1c(O)c(S(=O)(=O)O)c(O)c(S(=O)(=O)O)c1O. The van der Waals surface area contributed by atoms with Gasteiger partial charge in [-0.05, 0) is 0 Å². The lowest BCUT2D eigenvalue weighted by molar-refractivity contribution is -0.135. The van der Waals surface area contributed by atoms with Crippen LogP contribution in [0.4, 0.5) is 0 Å². The third kappa shape index (κ3) is 27.5. The molecule has 1 aromatic carbocycles. The van der Waals surface area contributed by atoms with Crippen LogP contribution >= 0.6 is 0 Å². The molecule has 0 atom stereocenters. The molecule has 0 saturated carbocycles. The molecule has 1 rings (SSSR count). The summed E-state index contributed by atoms with van der Waals surface area (Å²) in [5.74, 6) is -9.49. The fourth-order valence-electron chi connectivity index (χ4n) is 1.38. The number of phenols is 3. The van der Waals surface area contributed by atoms with Crippen LogP contribution in [-0.2, 0) is 49.5 Å². The van der Waals surface area contributed by atoms with Gasteiger partial charge in [-0.2, -0.15) is 25.3 Å². The summed E-state index contributed by atoms with van der Waals surface area (Å²) in [4.78, 5) is 29.8. The molecule has 0 aliphatic carbocycles. The van der Waals surface area contributed by atoms with Crippen LogP contribution in [0.2, 0.25) is 0 Å². The number of nitrogens with two attached hydrogens (primary N) is 2. The van der Waals surface area contributed by atoms with Gasteiger partial charge in [-0.25, -0.2) is 0 Å². The summed E-state index contributed by atoms with van der Waals surface area (Å²) in [6.45, 7) is 5.53. The van der Waals surface area contributed by atoms with Crippen LogP contribution in [0, 0.1) is 0 Å². The van der Waals surface area contributed by atoms with E-state index in [1.165, 1.54) is 0 Å². The highest BCUT2D eigenvalue weighted by Crippen LogP contribution is 2.48. The van der Waals surface area contributed by atoms with Crippen molar-refractivity contribution in [3.8, 4) is 17.2 Å². The number of phenolic OH excluding ortho intramolecular Hbond substituents is 3. The van der Waals surface area contributed by atoms with Crippen LogP contribution in [0.15, 0.2) is 14.7 Å². The molecule has 0 unspecified atom stereocenters. The lowest BCUT2D eigenvalue weighted by Crippen LogP contribution is -2.11. The van der Waals surface area contributed by atoms with Gasteiger partial charge in [-0.15, -0.1) is 0 Å². The number of hydrogen-bond donors (Lipinski definition) is 12. The molecule has 25 heteroatoms. The Morgan fingerprint density at radius 1 is 0.488 bits per heavy atom. The Kier molecular flexibility index (Phi) is 24.0. The Hall–Kier alpha value is -3.85. The lowest BCUT2D eigenvalue weighted by atomic mass is 10.3. The Balaban J connectivity index is -0.000000175. The normalized spacial score (nSPS) is 9.98. The predicted octanol–water partition coefficient (Wildman–Crippen LogP) is -2.19. The summed E-state index contributed by atoms with van der Waals surface area (Å²) in [5, 5.41) is 57.7. The molecule has 41 heavy (non-hydrogen) atoms. The maximum atomic E-state index is 10.9. The number of rotatable bonds is 4. The first-order chi connectivity index (χ1) is 17.9. The first kappa shape index (κ1) is 47.0. The molecule has 0 saturated heterocycles. The monoisotopic (exact) mass is 666 g/mol. The Labute approximate surface area is 232 Å². The predicted molar refractivity (Wildman–Crippen MR) is 132 cm³/mol. The average molecular weight is 667 g/mol. The number of hydrogen-bond acceptors (Lipinski definition) is 15. The summed E-state index contributed by atoms with van der Waals surface area (Å²) in [6, 6.07) is 0. The van der Waals surface area contributed by atoms with Gasteiger partial charge in [0, 0.05) is 40.8 Å². The van der Waals surface area contributed by atoms with Gasteiger partial charge in [0.05, 0.1) is 0 Å². The molecule has 22 nitrogen and oxygen atoms in total. The van der Waals surface area contributed by atoms with E-state index in [0.717, 1.165) is 27.7 Å². The molecular weight excluding hydrogens is 636 g/mol. The van der Waals surface area contributed by atoms with E-state index in [9.17, 15) is 40.6 Å². The minimum Gasteiger partial charge on any atom is -0.505 e. The molecule has 0 heterocycles. The van der Waals surface area contributed by atoms with Gasteiger partial charge in [0.1, 0.15) is 0 Å². The zero-order valence-electron chi connectivity index (χ0n) is 21.3. The van der Waals surface area contributed by atoms with Crippen molar-refractivity contribution in [2.24, 2.45) is 11.5 Å². The van der Waals surface area contributed by atoms with Crippen molar-refractivity contribution in [2.45, 2.75) is 42.4 Å². The highest BCUT2D eigenvalue weighted by molar-refractivity contribution is 7.88. The second-order valence-corrected chi connectivity index (χ2v) is 10.2. The van der Waals surface area contributed by atoms with Crippen LogP contribution < -0.4 is 11.5 Å². The molecule has 1 aromatic rings. The van der Waals surface area contributed by atoms with E-state index in [4.69, 9.17) is 64.7 Å². The summed E-state index contributed by atoms with van der Waals surface area (Å²) < 4.78 is 91.9. The van der Waals surface area contributed by atoms with Crippen molar-refractivity contribution in [1.29, 1.82) is 0 Å². The second-order valence-electron chi connectivity index (χ2n) is 6.11. The fourth-order valence-corrected chi connectivity index (χ4v) is 3.65. The molecular formula is C16H30N2O20S3. The van der Waals surface area contributed by atoms with Gasteiger partial charge >= 0.3 is 30.4 Å². The summed E-state index contributed by atoms with van der Waals surface area (Å²) in [5.41, 5.74) is 9.81. The average Bonchev–Trinajstić information content (AvgIpc) is 2.62. The van der Waals surface area contributed by atoms with Gasteiger partial charge < -0.3 is 47.2 Å². The van der Waals surface area contributed by atoms with Gasteiger partial charge in [0.25, 0.3) is 23.9 Å². The van der Waals surface area contributed by atoms with Crippen molar-refractivity contribution in [1.82, 2.24) is 0 Å². The van der Waals surface area contributed by atoms with E-state index >= 15 is 0 Å². The van der Waals surface area contributed by atoms with Crippen LogP contribution in [-0.4, -0.2) is 112 Å². The molecule has 242 valence electrons. The quantitative estimate of drug-likeness (QED) is 0.152. The van der Waals surface area contributed by atoms with E-state index in [0.29, 0.717) is 13.1 Å². The van der Waals surface area contributed by atoms with Gasteiger partial charge in [0.15, 0.2) is 31.9 Å². The zero-order chi connectivity index (χ0) is 34.7. The first-order valence-electron chi connectivity index (χ1n) is 9.36. The van der Waals surface area contributed by atoms with E-state index in [1.807, 2.05) is 0 Å². The lowest BCUT2D eigenvalue weighted by Gasteiger charge is -2.13. The zero-order valence-corrected chi connectivity index (χ0v) is 23.8. The Morgan fingerprint density at radius 2 is 0.585 bits per heavy atom. The molecule has 0 amide bonds. The van der Waals surface area contributed by atoms with Gasteiger partial charge in [-0.1, -0.05) is 0 Å². The van der Waals surface area contributed by atoms with Crippen molar-refractivity contribution in [3.05, 3.63) is 0 Å². The number of carboxylic acids is 4. The number of carboxylic acid groups (broad SMARTS) is 4. The molecule has 0 fully saturated rings. The highest BCUT2D eigenvalue weighted by atomic mass is 32.2. The molecule has 14 N–H and O–H groups in total. The van der Waals surface area contributed by atoms with Crippen molar-refractivity contribution in [2.75, 3.05) is 13.1 Å². The minimum absolute atomic E-state index is 0.597. The fraction of sp³-hybridized carbons (Fsp3) is 0.375. The van der Waals surface area contributed by atoms with Crippen LogP contribution in [0.5, 0.6) is 17.2 Å². The van der Waals surface area contributed by atoms with Crippen molar-refractivity contribution >= 4 is 54.2 Å². The maximum absolute atomic E-state index is 10.9. The van der Waals surface area contributed by atoms with Gasteiger partial charge in [-0.3, -0.25) is 32.8 Å². The van der Waals surface area contributed by atoms with E-state index in [-0.39, 0.29) is 0 Å². The highest BCUT2D eigenvalue weighted by Gasteiger charge is 2.39. The number of benzene rings is 1. The molecule has 0 aliphatic heterocycles. The van der Waals surface area contributed by atoms with E-state index in [2.05, 4.69) is 0 Å². The van der Waals surface area contributed by atoms with Crippen LogP contribution in [0.1, 0.15) is 27.7 Å². The molecule has 0 aliphatic rings. The summed E-state index contributed by atoms with van der Waals surface area (Å²) >= 11 is 0. The molecule has 0 spiro atoms. The summed E-state index contributed by atoms with van der Waals surface area (Å²) in [7, 11) is -16.8. The van der Waals surface area contributed by atoms with E-state index < -0.39 is 86.2 Å². The standard InChI is InChI=1S/C6H6O12S3.C2H8N2.4C2H4O2/c7-1-4(19(10,11)12)2(8)6(21(16,17)18)3(9)5(1)20(13,14)15;3-1-2-4;4*1-2(3)4/h7-9H,(H,10,11,12)(H,13,14,15)(H,16,17,18);1-4H2;4*1H3,(H,3,4). The molecule has 0 aromatic heterocycles. The van der Waals surface area contributed by atoms with E-state index in [1.54, 1.807) is 0 Å². The Bertz CT molecular complexity index is 1140.